The Morgan fingerprint density at radius 2 is 1.86 bits per heavy atom. The molecule has 0 saturated heterocycles. The monoisotopic (exact) mass is 290 g/mol. The molecule has 0 unspecified atom stereocenters. The van der Waals surface area contributed by atoms with Gasteiger partial charge in [0.05, 0.1) is 12.9 Å². The van der Waals surface area contributed by atoms with Crippen molar-refractivity contribution < 1.29 is 9.13 Å². The first-order chi connectivity index (χ1) is 10.3. The van der Waals surface area contributed by atoms with Crippen molar-refractivity contribution in [3.8, 4) is 5.75 Å². The van der Waals surface area contributed by atoms with Crippen molar-refractivity contribution in [2.45, 2.75) is 57.8 Å². The first-order valence-electron chi connectivity index (χ1n) is 8.31. The zero-order valence-electron chi connectivity index (χ0n) is 13.1. The molecule has 21 heavy (non-hydrogen) atoms. The number of hydrogen-bond donors (Lipinski definition) is 0. The minimum atomic E-state index is 0.667. The minimum Gasteiger partial charge on any atom is -0.494 e. The summed E-state index contributed by atoms with van der Waals surface area (Å²) in [6.45, 7) is 2.98. The lowest BCUT2D eigenvalue weighted by molar-refractivity contribution is 0.308. The van der Waals surface area contributed by atoms with Crippen molar-refractivity contribution >= 4 is 0 Å². The van der Waals surface area contributed by atoms with Gasteiger partial charge in [0, 0.05) is 0 Å². The zero-order valence-corrected chi connectivity index (χ0v) is 13.1. The standard InChI is InChI=1S/C19H27FO/c1-2-3-15-21-19-12-10-18(11-13-19)17-8-6-16(7-9-17)5-4-14-20/h4,10-14,16-17H,2-3,5-9,15H2,1H3. The largest absolute Gasteiger partial charge is 0.494 e. The average molecular weight is 290 g/mol. The van der Waals surface area contributed by atoms with Crippen molar-refractivity contribution in [2.24, 2.45) is 5.92 Å². The highest BCUT2D eigenvalue weighted by molar-refractivity contribution is 5.29. The molecular formula is C19H27FO. The molecule has 0 amide bonds. The van der Waals surface area contributed by atoms with E-state index in [-0.39, 0.29) is 0 Å². The summed E-state index contributed by atoms with van der Waals surface area (Å²) < 4.78 is 17.8. The van der Waals surface area contributed by atoms with Gasteiger partial charge in [0.15, 0.2) is 0 Å². The average Bonchev–Trinajstić information content (AvgIpc) is 2.54. The van der Waals surface area contributed by atoms with Crippen LogP contribution in [0.15, 0.2) is 36.7 Å². The van der Waals surface area contributed by atoms with Crippen LogP contribution in [0.5, 0.6) is 5.75 Å². The van der Waals surface area contributed by atoms with Crippen molar-refractivity contribution in [2.75, 3.05) is 6.61 Å². The quantitative estimate of drug-likeness (QED) is 0.558. The van der Waals surface area contributed by atoms with Gasteiger partial charge >= 0.3 is 0 Å². The fourth-order valence-electron chi connectivity index (χ4n) is 3.15. The summed E-state index contributed by atoms with van der Waals surface area (Å²) in [5.41, 5.74) is 1.43. The van der Waals surface area contributed by atoms with E-state index in [0.29, 0.717) is 18.2 Å². The molecular weight excluding hydrogens is 263 g/mol. The lowest BCUT2D eigenvalue weighted by Gasteiger charge is -2.28. The Bertz CT molecular complexity index is 416. The van der Waals surface area contributed by atoms with Crippen LogP contribution in [0.2, 0.25) is 0 Å². The summed E-state index contributed by atoms with van der Waals surface area (Å²) in [6, 6.07) is 8.63. The van der Waals surface area contributed by atoms with Gasteiger partial charge in [0.2, 0.25) is 0 Å². The number of allylic oxidation sites excluding steroid dienone is 1. The molecule has 0 radical (unpaired) electrons. The molecule has 0 spiro atoms. The molecule has 0 N–H and O–H groups in total. The van der Waals surface area contributed by atoms with Crippen molar-refractivity contribution in [3.05, 3.63) is 42.2 Å². The molecule has 1 aromatic carbocycles. The molecule has 0 bridgehead atoms. The summed E-state index contributed by atoms with van der Waals surface area (Å²) in [7, 11) is 0. The van der Waals surface area contributed by atoms with Crippen molar-refractivity contribution in [3.63, 3.8) is 0 Å². The molecule has 2 rings (SSSR count). The van der Waals surface area contributed by atoms with Gasteiger partial charge in [-0.05, 0) is 68.1 Å². The minimum absolute atomic E-state index is 0.667. The predicted octanol–water partition coefficient (Wildman–Crippen LogP) is 6.01. The van der Waals surface area contributed by atoms with Gasteiger partial charge in [-0.15, -0.1) is 0 Å². The van der Waals surface area contributed by atoms with Gasteiger partial charge < -0.3 is 4.74 Å². The zero-order chi connectivity index (χ0) is 14.9. The van der Waals surface area contributed by atoms with Crippen LogP contribution in [0.3, 0.4) is 0 Å². The Balaban J connectivity index is 1.80. The maximum atomic E-state index is 12.0. The number of unbranched alkanes of at least 4 members (excludes halogenated alkanes) is 1. The predicted molar refractivity (Wildman–Crippen MR) is 86.4 cm³/mol. The smallest absolute Gasteiger partial charge is 0.119 e. The maximum Gasteiger partial charge on any atom is 0.119 e. The molecule has 116 valence electrons. The number of ether oxygens (including phenoxy) is 1. The summed E-state index contributed by atoms with van der Waals surface area (Å²) in [5, 5.41) is 0. The highest BCUT2D eigenvalue weighted by Crippen LogP contribution is 2.37. The first kappa shape index (κ1) is 16.1. The summed E-state index contributed by atoms with van der Waals surface area (Å²) >= 11 is 0. The second-order valence-corrected chi connectivity index (χ2v) is 6.09. The molecule has 0 aromatic heterocycles. The lowest BCUT2D eigenvalue weighted by atomic mass is 9.77. The third-order valence-corrected chi connectivity index (χ3v) is 4.52. The molecule has 0 heterocycles. The van der Waals surface area contributed by atoms with Crippen molar-refractivity contribution in [1.82, 2.24) is 0 Å². The molecule has 0 atom stereocenters. The second kappa shape index (κ2) is 8.86. The van der Waals surface area contributed by atoms with Crippen LogP contribution in [-0.4, -0.2) is 6.61 Å². The van der Waals surface area contributed by atoms with Crippen LogP contribution < -0.4 is 4.74 Å². The second-order valence-electron chi connectivity index (χ2n) is 6.09. The van der Waals surface area contributed by atoms with Gasteiger partial charge in [0.1, 0.15) is 5.75 Å². The Kier molecular flexibility index (Phi) is 6.78. The van der Waals surface area contributed by atoms with Crippen LogP contribution in [0.4, 0.5) is 4.39 Å². The summed E-state index contributed by atoms with van der Waals surface area (Å²) in [4.78, 5) is 0. The molecule has 1 aliphatic carbocycles. The molecule has 1 nitrogen and oxygen atoms in total. The fourth-order valence-corrected chi connectivity index (χ4v) is 3.15. The molecule has 1 aromatic rings. The third kappa shape index (κ3) is 5.18. The van der Waals surface area contributed by atoms with E-state index in [4.69, 9.17) is 4.74 Å². The number of halogens is 1. The Labute approximate surface area is 128 Å². The fraction of sp³-hybridized carbons (Fsp3) is 0.579. The maximum absolute atomic E-state index is 12.0. The first-order valence-corrected chi connectivity index (χ1v) is 8.31. The van der Waals surface area contributed by atoms with Crippen molar-refractivity contribution in [1.29, 1.82) is 0 Å². The normalized spacial score (nSPS) is 22.6. The molecule has 0 aliphatic heterocycles. The number of benzene rings is 1. The topological polar surface area (TPSA) is 9.23 Å². The van der Waals surface area contributed by atoms with E-state index in [1.165, 1.54) is 37.7 Å². The highest BCUT2D eigenvalue weighted by atomic mass is 19.1. The molecule has 1 saturated carbocycles. The van der Waals surface area contributed by atoms with Gasteiger partial charge in [-0.25, -0.2) is 4.39 Å². The van der Waals surface area contributed by atoms with Gasteiger partial charge in [-0.1, -0.05) is 31.6 Å². The number of hydrogen-bond acceptors (Lipinski definition) is 1. The third-order valence-electron chi connectivity index (χ3n) is 4.52. The van der Waals surface area contributed by atoms with Crippen LogP contribution >= 0.6 is 0 Å². The lowest BCUT2D eigenvalue weighted by Crippen LogP contribution is -2.12. The Hall–Kier alpha value is -1.31. The summed E-state index contributed by atoms with van der Waals surface area (Å²) in [5.74, 6) is 2.32. The van der Waals surface area contributed by atoms with Crippen LogP contribution in [0.1, 0.15) is 63.4 Å². The molecule has 1 fully saturated rings. The molecule has 2 heteroatoms. The summed E-state index contributed by atoms with van der Waals surface area (Å²) in [6.07, 6.45) is 10.4. The van der Waals surface area contributed by atoms with Crippen LogP contribution in [0.25, 0.3) is 0 Å². The van der Waals surface area contributed by atoms with E-state index < -0.39 is 0 Å². The van der Waals surface area contributed by atoms with E-state index in [0.717, 1.165) is 25.2 Å². The van der Waals surface area contributed by atoms with Crippen LogP contribution in [-0.2, 0) is 0 Å². The van der Waals surface area contributed by atoms with Crippen LogP contribution in [0, 0.1) is 5.92 Å². The number of rotatable bonds is 7. The van der Waals surface area contributed by atoms with E-state index in [1.807, 2.05) is 0 Å². The van der Waals surface area contributed by atoms with E-state index in [1.54, 1.807) is 6.08 Å². The van der Waals surface area contributed by atoms with Gasteiger partial charge in [-0.3, -0.25) is 0 Å². The van der Waals surface area contributed by atoms with E-state index in [2.05, 4.69) is 31.2 Å². The SMILES string of the molecule is CCCCOc1ccc(C2CCC(CC=CF)CC2)cc1. The Morgan fingerprint density at radius 1 is 1.14 bits per heavy atom. The van der Waals surface area contributed by atoms with Gasteiger partial charge in [-0.2, -0.15) is 0 Å². The Morgan fingerprint density at radius 3 is 2.48 bits per heavy atom. The van der Waals surface area contributed by atoms with Gasteiger partial charge in [0.25, 0.3) is 0 Å². The highest BCUT2D eigenvalue weighted by Gasteiger charge is 2.21. The molecule has 1 aliphatic rings. The van der Waals surface area contributed by atoms with E-state index >= 15 is 0 Å². The van der Waals surface area contributed by atoms with E-state index in [9.17, 15) is 4.39 Å².